The molecule has 0 aliphatic carbocycles. The summed E-state index contributed by atoms with van der Waals surface area (Å²) in [5.74, 6) is 1.54. The minimum atomic E-state index is 0.640. The second-order valence-electron chi connectivity index (χ2n) is 2.96. The van der Waals surface area contributed by atoms with Gasteiger partial charge in [-0.15, -0.1) is 0 Å². The van der Waals surface area contributed by atoms with E-state index in [1.54, 1.807) is 21.3 Å². The minimum Gasteiger partial charge on any atom is -0.494 e. The average molecular weight is 211 g/mol. The summed E-state index contributed by atoms with van der Waals surface area (Å²) >= 11 is 0. The van der Waals surface area contributed by atoms with Gasteiger partial charge in [-0.1, -0.05) is 6.07 Å². The first-order valence-electron chi connectivity index (χ1n) is 4.77. The molecule has 0 aromatic heterocycles. The van der Waals surface area contributed by atoms with E-state index in [0.29, 0.717) is 13.2 Å². The zero-order valence-corrected chi connectivity index (χ0v) is 9.37. The predicted octanol–water partition coefficient (Wildman–Crippen LogP) is 1.76. The molecular weight excluding hydrogens is 194 g/mol. The molecule has 0 saturated heterocycles. The number of hydrogen-bond donors (Lipinski definition) is 1. The fourth-order valence-electron chi connectivity index (χ4n) is 1.30. The van der Waals surface area contributed by atoms with E-state index in [1.807, 2.05) is 18.2 Å². The van der Waals surface area contributed by atoms with Crippen molar-refractivity contribution in [2.75, 3.05) is 39.8 Å². The molecule has 84 valence electrons. The van der Waals surface area contributed by atoms with Gasteiger partial charge in [0.05, 0.1) is 20.8 Å². The molecule has 0 heterocycles. The number of nitrogens with one attached hydrogen (secondary N) is 1. The van der Waals surface area contributed by atoms with Crippen molar-refractivity contribution in [2.45, 2.75) is 0 Å². The number of para-hydroxylation sites is 1. The van der Waals surface area contributed by atoms with Crippen LogP contribution in [0.15, 0.2) is 18.2 Å². The fourth-order valence-corrected chi connectivity index (χ4v) is 1.30. The molecule has 0 aliphatic rings. The van der Waals surface area contributed by atoms with E-state index >= 15 is 0 Å². The van der Waals surface area contributed by atoms with E-state index in [4.69, 9.17) is 14.2 Å². The van der Waals surface area contributed by atoms with Crippen molar-refractivity contribution in [1.29, 1.82) is 0 Å². The van der Waals surface area contributed by atoms with Crippen LogP contribution < -0.4 is 14.8 Å². The predicted molar refractivity (Wildman–Crippen MR) is 59.9 cm³/mol. The van der Waals surface area contributed by atoms with E-state index in [-0.39, 0.29) is 0 Å². The molecule has 0 saturated carbocycles. The van der Waals surface area contributed by atoms with E-state index in [9.17, 15) is 0 Å². The van der Waals surface area contributed by atoms with Gasteiger partial charge in [-0.25, -0.2) is 0 Å². The Morgan fingerprint density at radius 1 is 1.07 bits per heavy atom. The standard InChI is InChI=1S/C11H17NO3/c1-13-8-7-12-11-9(14-2)5-4-6-10(11)15-3/h4-6,12H,7-8H2,1-3H3. The van der Waals surface area contributed by atoms with E-state index in [1.165, 1.54) is 0 Å². The first-order valence-corrected chi connectivity index (χ1v) is 4.77. The van der Waals surface area contributed by atoms with Crippen molar-refractivity contribution in [3.63, 3.8) is 0 Å². The molecule has 4 nitrogen and oxygen atoms in total. The van der Waals surface area contributed by atoms with Gasteiger partial charge in [0.25, 0.3) is 0 Å². The van der Waals surface area contributed by atoms with Crippen LogP contribution in [-0.2, 0) is 4.74 Å². The Morgan fingerprint density at radius 3 is 2.13 bits per heavy atom. The van der Waals surface area contributed by atoms with Crippen LogP contribution in [0.3, 0.4) is 0 Å². The first kappa shape index (κ1) is 11.7. The highest BCUT2D eigenvalue weighted by Gasteiger charge is 2.08. The van der Waals surface area contributed by atoms with Gasteiger partial charge in [-0.3, -0.25) is 0 Å². The van der Waals surface area contributed by atoms with E-state index in [2.05, 4.69) is 5.32 Å². The lowest BCUT2D eigenvalue weighted by molar-refractivity contribution is 0.210. The SMILES string of the molecule is COCCNc1c(OC)cccc1OC. The Balaban J connectivity index is 2.80. The summed E-state index contributed by atoms with van der Waals surface area (Å²) in [6, 6.07) is 5.66. The zero-order chi connectivity index (χ0) is 11.1. The maximum absolute atomic E-state index is 5.24. The van der Waals surface area contributed by atoms with Crippen LogP contribution in [-0.4, -0.2) is 34.5 Å². The van der Waals surface area contributed by atoms with E-state index in [0.717, 1.165) is 17.2 Å². The van der Waals surface area contributed by atoms with Gasteiger partial charge in [-0.2, -0.15) is 0 Å². The quantitative estimate of drug-likeness (QED) is 0.728. The normalized spacial score (nSPS) is 9.80. The smallest absolute Gasteiger partial charge is 0.145 e. The lowest BCUT2D eigenvalue weighted by Gasteiger charge is -2.14. The van der Waals surface area contributed by atoms with Crippen molar-refractivity contribution in [3.8, 4) is 11.5 Å². The largest absolute Gasteiger partial charge is 0.494 e. The molecule has 15 heavy (non-hydrogen) atoms. The summed E-state index contributed by atoms with van der Waals surface area (Å²) in [6.45, 7) is 1.36. The Hall–Kier alpha value is -1.42. The topological polar surface area (TPSA) is 39.7 Å². The number of benzene rings is 1. The second-order valence-corrected chi connectivity index (χ2v) is 2.96. The van der Waals surface area contributed by atoms with Gasteiger partial charge < -0.3 is 19.5 Å². The maximum atomic E-state index is 5.24. The van der Waals surface area contributed by atoms with Gasteiger partial charge in [-0.05, 0) is 12.1 Å². The number of anilines is 1. The zero-order valence-electron chi connectivity index (χ0n) is 9.37. The molecule has 0 radical (unpaired) electrons. The van der Waals surface area contributed by atoms with Crippen molar-refractivity contribution in [1.82, 2.24) is 0 Å². The summed E-state index contributed by atoms with van der Waals surface area (Å²) in [5, 5.41) is 3.21. The number of hydrogen-bond acceptors (Lipinski definition) is 4. The van der Waals surface area contributed by atoms with Crippen LogP contribution in [0.2, 0.25) is 0 Å². The molecule has 0 atom stereocenters. The summed E-state index contributed by atoms with van der Waals surface area (Å²) < 4.78 is 15.4. The molecule has 0 unspecified atom stereocenters. The van der Waals surface area contributed by atoms with Gasteiger partial charge in [0.15, 0.2) is 0 Å². The highest BCUT2D eigenvalue weighted by Crippen LogP contribution is 2.33. The monoisotopic (exact) mass is 211 g/mol. The van der Waals surface area contributed by atoms with Gasteiger partial charge >= 0.3 is 0 Å². The van der Waals surface area contributed by atoms with Crippen LogP contribution in [0.5, 0.6) is 11.5 Å². The molecule has 0 spiro atoms. The Morgan fingerprint density at radius 2 is 1.67 bits per heavy atom. The lowest BCUT2D eigenvalue weighted by Crippen LogP contribution is -2.09. The molecule has 0 fully saturated rings. The van der Waals surface area contributed by atoms with Crippen LogP contribution in [0.4, 0.5) is 5.69 Å². The summed E-state index contributed by atoms with van der Waals surface area (Å²) in [7, 11) is 4.94. The third-order valence-corrected chi connectivity index (χ3v) is 2.04. The Bertz CT molecular complexity index is 280. The molecule has 1 aromatic carbocycles. The van der Waals surface area contributed by atoms with Crippen LogP contribution in [0, 0.1) is 0 Å². The maximum Gasteiger partial charge on any atom is 0.145 e. The van der Waals surface area contributed by atoms with Crippen molar-refractivity contribution in [3.05, 3.63) is 18.2 Å². The average Bonchev–Trinajstić information content (AvgIpc) is 2.29. The van der Waals surface area contributed by atoms with Crippen LogP contribution in [0.1, 0.15) is 0 Å². The molecule has 1 N–H and O–H groups in total. The first-order chi connectivity index (χ1) is 7.33. The highest BCUT2D eigenvalue weighted by atomic mass is 16.5. The van der Waals surface area contributed by atoms with Crippen molar-refractivity contribution >= 4 is 5.69 Å². The van der Waals surface area contributed by atoms with E-state index < -0.39 is 0 Å². The molecule has 0 bridgehead atoms. The molecule has 4 heteroatoms. The van der Waals surface area contributed by atoms with Crippen molar-refractivity contribution in [2.24, 2.45) is 0 Å². The molecule has 1 aromatic rings. The molecule has 1 rings (SSSR count). The van der Waals surface area contributed by atoms with Crippen LogP contribution in [0.25, 0.3) is 0 Å². The Kier molecular flexibility index (Phi) is 4.77. The van der Waals surface area contributed by atoms with Gasteiger partial charge in [0, 0.05) is 13.7 Å². The van der Waals surface area contributed by atoms with Crippen molar-refractivity contribution < 1.29 is 14.2 Å². The molecular formula is C11H17NO3. The summed E-state index contributed by atoms with van der Waals surface area (Å²) in [4.78, 5) is 0. The third kappa shape index (κ3) is 3.02. The Labute approximate surface area is 90.1 Å². The van der Waals surface area contributed by atoms with Gasteiger partial charge in [0.1, 0.15) is 17.2 Å². The van der Waals surface area contributed by atoms with Crippen LogP contribution >= 0.6 is 0 Å². The highest BCUT2D eigenvalue weighted by molar-refractivity contribution is 5.66. The lowest BCUT2D eigenvalue weighted by atomic mass is 10.2. The second kappa shape index (κ2) is 6.14. The number of rotatable bonds is 6. The summed E-state index contributed by atoms with van der Waals surface area (Å²) in [5.41, 5.74) is 0.861. The number of methoxy groups -OCH3 is 3. The minimum absolute atomic E-state index is 0.640. The number of ether oxygens (including phenoxy) is 3. The van der Waals surface area contributed by atoms with Gasteiger partial charge in [0.2, 0.25) is 0 Å². The summed E-state index contributed by atoms with van der Waals surface area (Å²) in [6.07, 6.45) is 0. The molecule has 0 amide bonds. The molecule has 0 aliphatic heterocycles. The third-order valence-electron chi connectivity index (χ3n) is 2.04. The fraction of sp³-hybridized carbons (Fsp3) is 0.455.